The Bertz CT molecular complexity index is 898. The average Bonchev–Trinajstić information content (AvgIpc) is 2.91. The Hall–Kier alpha value is -2.75. The summed E-state index contributed by atoms with van der Waals surface area (Å²) in [7, 11) is 0. The molecule has 24 heavy (non-hydrogen) atoms. The Labute approximate surface area is 141 Å². The molecule has 0 saturated heterocycles. The van der Waals surface area contributed by atoms with E-state index in [4.69, 9.17) is 4.74 Å². The lowest BCUT2D eigenvalue weighted by atomic mass is 10.0. The molecule has 0 fully saturated rings. The number of rotatable bonds is 3. The fourth-order valence-electron chi connectivity index (χ4n) is 3.43. The first kappa shape index (κ1) is 14.8. The number of aryl methyl sites for hydroxylation is 1. The first-order valence-corrected chi connectivity index (χ1v) is 8.28. The van der Waals surface area contributed by atoms with E-state index in [-0.39, 0.29) is 11.9 Å². The van der Waals surface area contributed by atoms with Gasteiger partial charge in [0, 0.05) is 23.2 Å². The molecule has 1 aromatic heterocycles. The second-order valence-electron chi connectivity index (χ2n) is 6.23. The van der Waals surface area contributed by atoms with Crippen LogP contribution in [0.1, 0.15) is 23.7 Å². The van der Waals surface area contributed by atoms with E-state index >= 15 is 0 Å². The second kappa shape index (κ2) is 6.04. The molecule has 1 amide bonds. The molecular weight excluding hydrogens is 300 g/mol. The molecule has 2 aromatic carbocycles. The molecule has 2 heterocycles. The van der Waals surface area contributed by atoms with Gasteiger partial charge in [-0.25, -0.2) is 0 Å². The maximum Gasteiger partial charge on any atom is 0.240 e. The largest absolute Gasteiger partial charge is 0.493 e. The van der Waals surface area contributed by atoms with E-state index < -0.39 is 0 Å². The van der Waals surface area contributed by atoms with Crippen molar-refractivity contribution in [2.24, 2.45) is 0 Å². The summed E-state index contributed by atoms with van der Waals surface area (Å²) in [5, 5.41) is 4.33. The minimum atomic E-state index is 0.0181. The van der Waals surface area contributed by atoms with Crippen molar-refractivity contribution in [3.05, 3.63) is 65.9 Å². The van der Waals surface area contributed by atoms with Crippen LogP contribution in [0.4, 0.5) is 0 Å². The number of nitrogens with one attached hydrogen (secondary N) is 1. The molecule has 122 valence electrons. The molecule has 0 saturated carbocycles. The van der Waals surface area contributed by atoms with Crippen molar-refractivity contribution >= 4 is 16.8 Å². The lowest BCUT2D eigenvalue weighted by Gasteiger charge is -2.26. The molecule has 4 nitrogen and oxygen atoms in total. The molecule has 3 aromatic rings. The number of aromatic nitrogens is 1. The smallest absolute Gasteiger partial charge is 0.240 e. The van der Waals surface area contributed by atoms with E-state index in [2.05, 4.69) is 28.1 Å². The molecule has 0 unspecified atom stereocenters. The number of para-hydroxylation sites is 2. The van der Waals surface area contributed by atoms with E-state index in [9.17, 15) is 4.79 Å². The zero-order valence-electron chi connectivity index (χ0n) is 13.7. The normalized spacial score (nSPS) is 16.5. The Morgan fingerprint density at radius 3 is 2.92 bits per heavy atom. The molecule has 0 radical (unpaired) electrons. The van der Waals surface area contributed by atoms with Crippen LogP contribution < -0.4 is 10.1 Å². The van der Waals surface area contributed by atoms with Crippen LogP contribution in [0.25, 0.3) is 10.9 Å². The minimum Gasteiger partial charge on any atom is -0.493 e. The van der Waals surface area contributed by atoms with Gasteiger partial charge in [0.2, 0.25) is 5.91 Å². The van der Waals surface area contributed by atoms with Crippen molar-refractivity contribution in [1.82, 2.24) is 9.88 Å². The van der Waals surface area contributed by atoms with Gasteiger partial charge in [0.25, 0.3) is 0 Å². The van der Waals surface area contributed by atoms with Crippen LogP contribution in [0.2, 0.25) is 0 Å². The fourth-order valence-corrected chi connectivity index (χ4v) is 3.43. The highest BCUT2D eigenvalue weighted by Crippen LogP contribution is 2.31. The standard InChI is InChI=1S/C20H20N2O2/c1-14-12-15-6-2-4-8-18(15)22(14)13-20(23)21-17-10-11-24-19-9-5-3-7-16(17)19/h2-9,12,17H,10-11,13H2,1H3,(H,21,23)/t17-/m1/s1. The molecular formula is C20H20N2O2. The van der Waals surface area contributed by atoms with Gasteiger partial charge in [-0.2, -0.15) is 0 Å². The summed E-state index contributed by atoms with van der Waals surface area (Å²) in [5.41, 5.74) is 3.25. The molecule has 1 aliphatic rings. The van der Waals surface area contributed by atoms with Crippen LogP contribution >= 0.6 is 0 Å². The number of carbonyl (C=O) groups is 1. The van der Waals surface area contributed by atoms with Crippen LogP contribution in [-0.2, 0) is 11.3 Å². The van der Waals surface area contributed by atoms with Crippen LogP contribution in [0, 0.1) is 6.92 Å². The molecule has 0 bridgehead atoms. The maximum atomic E-state index is 12.6. The van der Waals surface area contributed by atoms with Crippen molar-refractivity contribution in [3.63, 3.8) is 0 Å². The van der Waals surface area contributed by atoms with Gasteiger partial charge >= 0.3 is 0 Å². The second-order valence-corrected chi connectivity index (χ2v) is 6.23. The van der Waals surface area contributed by atoms with Crippen molar-refractivity contribution in [2.75, 3.05) is 6.61 Å². The highest BCUT2D eigenvalue weighted by molar-refractivity contribution is 5.84. The molecule has 0 aliphatic carbocycles. The lowest BCUT2D eigenvalue weighted by molar-refractivity contribution is -0.122. The minimum absolute atomic E-state index is 0.0181. The molecule has 0 spiro atoms. The van der Waals surface area contributed by atoms with Gasteiger partial charge in [0.05, 0.1) is 12.6 Å². The summed E-state index contributed by atoms with van der Waals surface area (Å²) in [5.74, 6) is 0.901. The maximum absolute atomic E-state index is 12.6. The fraction of sp³-hybridized carbons (Fsp3) is 0.250. The van der Waals surface area contributed by atoms with Gasteiger partial charge < -0.3 is 14.6 Å². The lowest BCUT2D eigenvalue weighted by Crippen LogP contribution is -2.34. The van der Waals surface area contributed by atoms with Gasteiger partial charge in [0.15, 0.2) is 0 Å². The summed E-state index contributed by atoms with van der Waals surface area (Å²) in [6.07, 6.45) is 0.800. The van der Waals surface area contributed by atoms with Crippen molar-refractivity contribution in [1.29, 1.82) is 0 Å². The van der Waals surface area contributed by atoms with E-state index in [0.29, 0.717) is 13.2 Å². The van der Waals surface area contributed by atoms with Crippen LogP contribution in [0.5, 0.6) is 5.75 Å². The molecule has 1 N–H and O–H groups in total. The molecule has 1 aliphatic heterocycles. The zero-order chi connectivity index (χ0) is 16.5. The Kier molecular flexibility index (Phi) is 3.73. The summed E-state index contributed by atoms with van der Waals surface area (Å²) >= 11 is 0. The predicted octanol–water partition coefficient (Wildman–Crippen LogP) is 3.59. The number of nitrogens with zero attached hydrogens (tertiary/aromatic N) is 1. The van der Waals surface area contributed by atoms with E-state index in [1.54, 1.807) is 0 Å². The summed E-state index contributed by atoms with van der Waals surface area (Å²) in [6.45, 7) is 3.00. The first-order valence-electron chi connectivity index (χ1n) is 8.28. The Morgan fingerprint density at radius 2 is 2.00 bits per heavy atom. The summed E-state index contributed by atoms with van der Waals surface area (Å²) < 4.78 is 7.73. The number of carbonyl (C=O) groups excluding carboxylic acids is 1. The van der Waals surface area contributed by atoms with Gasteiger partial charge in [-0.15, -0.1) is 0 Å². The number of hydrogen-bond donors (Lipinski definition) is 1. The SMILES string of the molecule is Cc1cc2ccccc2n1CC(=O)N[C@@H]1CCOc2ccccc21. The topological polar surface area (TPSA) is 43.3 Å². The van der Waals surface area contributed by atoms with Gasteiger partial charge in [0.1, 0.15) is 12.3 Å². The van der Waals surface area contributed by atoms with Gasteiger partial charge in [-0.05, 0) is 30.5 Å². The Balaban J connectivity index is 1.54. The number of ether oxygens (including phenoxy) is 1. The van der Waals surface area contributed by atoms with Crippen molar-refractivity contribution in [2.45, 2.75) is 25.9 Å². The molecule has 4 heteroatoms. The monoisotopic (exact) mass is 320 g/mol. The third-order valence-corrected chi connectivity index (χ3v) is 4.61. The van der Waals surface area contributed by atoms with Gasteiger partial charge in [-0.1, -0.05) is 36.4 Å². The highest BCUT2D eigenvalue weighted by Gasteiger charge is 2.22. The number of hydrogen-bond acceptors (Lipinski definition) is 2. The van der Waals surface area contributed by atoms with E-state index in [1.807, 2.05) is 43.3 Å². The zero-order valence-corrected chi connectivity index (χ0v) is 13.7. The Morgan fingerprint density at radius 1 is 1.21 bits per heavy atom. The number of fused-ring (bicyclic) bond motifs is 2. The van der Waals surface area contributed by atoms with E-state index in [1.165, 1.54) is 5.39 Å². The molecule has 4 rings (SSSR count). The molecule has 1 atom stereocenters. The summed E-state index contributed by atoms with van der Waals surface area (Å²) in [4.78, 5) is 12.6. The third-order valence-electron chi connectivity index (χ3n) is 4.61. The summed E-state index contributed by atoms with van der Waals surface area (Å²) in [6, 6.07) is 18.2. The van der Waals surface area contributed by atoms with E-state index in [0.717, 1.165) is 28.9 Å². The highest BCUT2D eigenvalue weighted by atomic mass is 16.5. The van der Waals surface area contributed by atoms with Gasteiger partial charge in [-0.3, -0.25) is 4.79 Å². The van der Waals surface area contributed by atoms with Crippen LogP contribution in [-0.4, -0.2) is 17.1 Å². The van der Waals surface area contributed by atoms with Crippen molar-refractivity contribution in [3.8, 4) is 5.75 Å². The number of benzene rings is 2. The first-order chi connectivity index (χ1) is 11.7. The average molecular weight is 320 g/mol. The van der Waals surface area contributed by atoms with Crippen LogP contribution in [0.3, 0.4) is 0 Å². The third kappa shape index (κ3) is 2.64. The predicted molar refractivity (Wildman–Crippen MR) is 94.1 cm³/mol. The quantitative estimate of drug-likeness (QED) is 0.801. The van der Waals surface area contributed by atoms with Crippen molar-refractivity contribution < 1.29 is 9.53 Å². The van der Waals surface area contributed by atoms with Crippen LogP contribution in [0.15, 0.2) is 54.6 Å². The number of amides is 1.